The van der Waals surface area contributed by atoms with Gasteiger partial charge in [0.1, 0.15) is 5.02 Å². The number of nitrogens with zero attached hydrogens (tertiary/aromatic N) is 3. The van der Waals surface area contributed by atoms with Crippen molar-refractivity contribution in [1.82, 2.24) is 14.7 Å². The normalized spacial score (nSPS) is 20.0. The Hall–Kier alpha value is -1.23. The third-order valence-corrected chi connectivity index (χ3v) is 4.22. The predicted molar refractivity (Wildman–Crippen MR) is 71.7 cm³/mol. The molecule has 2 aliphatic rings. The minimum atomic E-state index is -0.0672. The minimum absolute atomic E-state index is 0.0672. The fraction of sp³-hybridized carbons (Fsp3) is 0.692. The molecule has 0 bridgehead atoms. The third-order valence-electron chi connectivity index (χ3n) is 3.88. The Kier molecular flexibility index (Phi) is 3.39. The summed E-state index contributed by atoms with van der Waals surface area (Å²) in [4.78, 5) is 14.3. The number of ether oxygens (including phenoxy) is 1. The topological polar surface area (TPSA) is 47.4 Å². The molecule has 1 amide bonds. The first-order chi connectivity index (χ1) is 9.16. The first kappa shape index (κ1) is 12.8. The van der Waals surface area contributed by atoms with E-state index in [4.69, 9.17) is 16.3 Å². The lowest BCUT2D eigenvalue weighted by Crippen LogP contribution is -2.38. The molecule has 1 aromatic heterocycles. The predicted octanol–water partition coefficient (Wildman–Crippen LogP) is 2.19. The van der Waals surface area contributed by atoms with E-state index in [1.807, 2.05) is 4.90 Å². The van der Waals surface area contributed by atoms with Crippen molar-refractivity contribution >= 4 is 17.5 Å². The van der Waals surface area contributed by atoms with Gasteiger partial charge in [0.05, 0.1) is 6.61 Å². The summed E-state index contributed by atoms with van der Waals surface area (Å²) in [5, 5.41) is 4.68. The molecule has 3 rings (SSSR count). The van der Waals surface area contributed by atoms with Crippen molar-refractivity contribution in [3.8, 4) is 5.88 Å². The second-order valence-corrected chi connectivity index (χ2v) is 5.75. The van der Waals surface area contributed by atoms with Crippen LogP contribution in [0.3, 0.4) is 0 Å². The zero-order chi connectivity index (χ0) is 13.4. The summed E-state index contributed by atoms with van der Waals surface area (Å²) in [6.07, 6.45) is 3.00. The number of aromatic nitrogens is 2. The Labute approximate surface area is 117 Å². The second-order valence-electron chi connectivity index (χ2n) is 5.37. The van der Waals surface area contributed by atoms with Crippen LogP contribution in [0.25, 0.3) is 0 Å². The summed E-state index contributed by atoms with van der Waals surface area (Å²) in [6, 6.07) is 0. The van der Waals surface area contributed by atoms with E-state index in [1.165, 1.54) is 0 Å². The first-order valence-electron chi connectivity index (χ1n) is 6.85. The number of rotatable bonds is 1. The van der Waals surface area contributed by atoms with E-state index >= 15 is 0 Å². The van der Waals surface area contributed by atoms with Crippen molar-refractivity contribution in [3.63, 3.8) is 0 Å². The molecular weight excluding hydrogens is 266 g/mol. The van der Waals surface area contributed by atoms with Gasteiger partial charge in [-0.1, -0.05) is 18.5 Å². The van der Waals surface area contributed by atoms with E-state index in [9.17, 15) is 4.79 Å². The van der Waals surface area contributed by atoms with Gasteiger partial charge in [0.2, 0.25) is 5.88 Å². The highest BCUT2D eigenvalue weighted by atomic mass is 35.5. The van der Waals surface area contributed by atoms with Crippen molar-refractivity contribution < 1.29 is 9.53 Å². The number of amides is 1. The molecule has 0 atom stereocenters. The molecule has 0 unspecified atom stereocenters. The molecule has 3 heterocycles. The highest BCUT2D eigenvalue weighted by Crippen LogP contribution is 2.32. The molecule has 0 saturated carbocycles. The van der Waals surface area contributed by atoms with Crippen LogP contribution in [-0.4, -0.2) is 40.3 Å². The van der Waals surface area contributed by atoms with Crippen LogP contribution in [0.4, 0.5) is 0 Å². The Bertz CT molecular complexity index is 492. The summed E-state index contributed by atoms with van der Waals surface area (Å²) >= 11 is 6.23. The maximum absolute atomic E-state index is 12.5. The summed E-state index contributed by atoms with van der Waals surface area (Å²) in [6.45, 7) is 5.20. The Balaban J connectivity index is 1.82. The quantitative estimate of drug-likeness (QED) is 0.794. The van der Waals surface area contributed by atoms with E-state index < -0.39 is 0 Å². The van der Waals surface area contributed by atoms with Crippen molar-refractivity contribution in [3.05, 3.63) is 10.7 Å². The number of carbonyl (C=O) groups is 1. The van der Waals surface area contributed by atoms with Crippen molar-refractivity contribution in [2.45, 2.75) is 32.7 Å². The van der Waals surface area contributed by atoms with Crippen LogP contribution in [0.1, 0.15) is 36.7 Å². The first-order valence-corrected chi connectivity index (χ1v) is 7.23. The smallest absolute Gasteiger partial charge is 0.276 e. The molecule has 0 spiro atoms. The average Bonchev–Trinajstić information content (AvgIpc) is 2.77. The highest BCUT2D eigenvalue weighted by molar-refractivity contribution is 6.34. The second kappa shape index (κ2) is 5.04. The summed E-state index contributed by atoms with van der Waals surface area (Å²) in [5.41, 5.74) is 0.341. The van der Waals surface area contributed by atoms with Gasteiger partial charge in [-0.05, 0) is 18.8 Å². The lowest BCUT2D eigenvalue weighted by molar-refractivity contribution is 0.0690. The van der Waals surface area contributed by atoms with Gasteiger partial charge < -0.3 is 9.64 Å². The number of piperidine rings is 1. The molecule has 19 heavy (non-hydrogen) atoms. The number of halogens is 1. The van der Waals surface area contributed by atoms with Crippen LogP contribution >= 0.6 is 11.6 Å². The maximum atomic E-state index is 12.5. The average molecular weight is 284 g/mol. The Morgan fingerprint density at radius 2 is 2.11 bits per heavy atom. The lowest BCUT2D eigenvalue weighted by atomic mass is 9.99. The fourth-order valence-corrected chi connectivity index (χ4v) is 2.87. The molecule has 1 aromatic rings. The van der Waals surface area contributed by atoms with Crippen LogP contribution in [0, 0.1) is 5.92 Å². The molecular formula is C13H18ClN3O2. The zero-order valence-corrected chi connectivity index (χ0v) is 11.8. The molecule has 1 fully saturated rings. The van der Waals surface area contributed by atoms with Crippen molar-refractivity contribution in [1.29, 1.82) is 0 Å². The number of hydrogen-bond donors (Lipinski definition) is 0. The monoisotopic (exact) mass is 283 g/mol. The highest BCUT2D eigenvalue weighted by Gasteiger charge is 2.29. The van der Waals surface area contributed by atoms with Crippen molar-refractivity contribution in [2.75, 3.05) is 19.7 Å². The molecule has 6 heteroatoms. The van der Waals surface area contributed by atoms with Gasteiger partial charge in [-0.15, -0.1) is 0 Å². The van der Waals surface area contributed by atoms with Gasteiger partial charge in [0.15, 0.2) is 5.69 Å². The van der Waals surface area contributed by atoms with E-state index in [0.29, 0.717) is 29.1 Å². The molecule has 0 N–H and O–H groups in total. The van der Waals surface area contributed by atoms with Gasteiger partial charge in [-0.2, -0.15) is 5.10 Å². The lowest BCUT2D eigenvalue weighted by Gasteiger charge is -2.29. The third kappa shape index (κ3) is 2.31. The molecule has 1 saturated heterocycles. The van der Waals surface area contributed by atoms with Gasteiger partial charge >= 0.3 is 0 Å². The molecule has 5 nitrogen and oxygen atoms in total. The number of fused-ring (bicyclic) bond motifs is 1. The summed E-state index contributed by atoms with van der Waals surface area (Å²) in [5.74, 6) is 1.17. The molecule has 2 aliphatic heterocycles. The van der Waals surface area contributed by atoms with Crippen molar-refractivity contribution in [2.24, 2.45) is 5.92 Å². The molecule has 104 valence electrons. The summed E-state index contributed by atoms with van der Waals surface area (Å²) < 4.78 is 7.19. The zero-order valence-electron chi connectivity index (χ0n) is 11.1. The molecule has 0 aromatic carbocycles. The number of hydrogen-bond acceptors (Lipinski definition) is 3. The Morgan fingerprint density at radius 3 is 2.79 bits per heavy atom. The van der Waals surface area contributed by atoms with Crippen LogP contribution in [-0.2, 0) is 6.54 Å². The number of likely N-dealkylation sites (tertiary alicyclic amines) is 1. The fourth-order valence-electron chi connectivity index (χ4n) is 2.60. The van der Waals surface area contributed by atoms with Gasteiger partial charge in [0, 0.05) is 26.1 Å². The van der Waals surface area contributed by atoms with E-state index in [-0.39, 0.29) is 5.91 Å². The van der Waals surface area contributed by atoms with Crippen LogP contribution in [0.15, 0.2) is 0 Å². The largest absolute Gasteiger partial charge is 0.477 e. The molecule has 0 aliphatic carbocycles. The maximum Gasteiger partial charge on any atom is 0.276 e. The van der Waals surface area contributed by atoms with Crippen LogP contribution in [0.2, 0.25) is 5.02 Å². The van der Waals surface area contributed by atoms with Gasteiger partial charge in [-0.3, -0.25) is 4.79 Å². The van der Waals surface area contributed by atoms with E-state index in [2.05, 4.69) is 12.0 Å². The summed E-state index contributed by atoms with van der Waals surface area (Å²) in [7, 11) is 0. The standard InChI is InChI=1S/C13H18ClN3O2/c1-9-3-6-16(7-4-9)12(18)11-10(14)13-17(15-11)5-2-8-19-13/h9H,2-8H2,1H3. The molecule has 0 radical (unpaired) electrons. The van der Waals surface area contributed by atoms with Gasteiger partial charge in [-0.25, -0.2) is 4.68 Å². The number of carbonyl (C=O) groups excluding carboxylic acids is 1. The van der Waals surface area contributed by atoms with E-state index in [1.54, 1.807) is 4.68 Å². The van der Waals surface area contributed by atoms with Gasteiger partial charge in [0.25, 0.3) is 5.91 Å². The SMILES string of the molecule is CC1CCN(C(=O)c2nn3c(c2Cl)OCCC3)CC1. The van der Waals surface area contributed by atoms with Crippen LogP contribution < -0.4 is 4.74 Å². The van der Waals surface area contributed by atoms with Crippen LogP contribution in [0.5, 0.6) is 5.88 Å². The number of aryl methyl sites for hydroxylation is 1. The van der Waals surface area contributed by atoms with E-state index in [0.717, 1.165) is 38.9 Å². The minimum Gasteiger partial charge on any atom is -0.477 e. The Morgan fingerprint density at radius 1 is 1.37 bits per heavy atom.